The first-order valence-electron chi connectivity index (χ1n) is 5.12. The van der Waals surface area contributed by atoms with Crippen molar-refractivity contribution >= 4 is 17.7 Å². The summed E-state index contributed by atoms with van der Waals surface area (Å²) in [7, 11) is 0. The van der Waals surface area contributed by atoms with E-state index in [4.69, 9.17) is 9.47 Å². The maximum Gasteiger partial charge on any atom is 0.302 e. The minimum atomic E-state index is -0.952. The summed E-state index contributed by atoms with van der Waals surface area (Å²) in [5, 5.41) is 0. The van der Waals surface area contributed by atoms with Crippen molar-refractivity contribution in [3.05, 3.63) is 0 Å². The second kappa shape index (κ2) is 6.25. The van der Waals surface area contributed by atoms with Gasteiger partial charge in [0.1, 0.15) is 19.0 Å². The average Bonchev–Trinajstić information content (AvgIpc) is 2.22. The van der Waals surface area contributed by atoms with E-state index in [2.05, 4.69) is 0 Å². The summed E-state index contributed by atoms with van der Waals surface area (Å²) in [5.74, 6) is -1.02. The first-order valence-corrected chi connectivity index (χ1v) is 5.12. The van der Waals surface area contributed by atoms with E-state index in [0.29, 0.717) is 6.42 Å². The van der Waals surface area contributed by atoms with Gasteiger partial charge in [-0.05, 0) is 6.92 Å². The van der Waals surface area contributed by atoms with Gasteiger partial charge < -0.3 is 9.47 Å². The van der Waals surface area contributed by atoms with Gasteiger partial charge in [-0.3, -0.25) is 14.4 Å². The fourth-order valence-corrected chi connectivity index (χ4v) is 1.15. The smallest absolute Gasteiger partial charge is 0.302 e. The Morgan fingerprint density at radius 2 is 1.38 bits per heavy atom. The number of Topliss-reactive ketones (excluding diaryl/α,β-unsaturated/α-hetero) is 1. The first-order chi connectivity index (χ1) is 7.31. The molecule has 0 saturated carbocycles. The molecule has 16 heavy (non-hydrogen) atoms. The number of esters is 2. The normalized spacial score (nSPS) is 10.8. The molecule has 0 aromatic heterocycles. The third-order valence-corrected chi connectivity index (χ3v) is 2.18. The quantitative estimate of drug-likeness (QED) is 0.639. The number of ether oxygens (including phenoxy) is 2. The molecule has 0 aliphatic carbocycles. The summed E-state index contributed by atoms with van der Waals surface area (Å²) in [6.07, 6.45) is 0.305. The number of carbonyl (C=O) groups is 3. The highest BCUT2D eigenvalue weighted by Gasteiger charge is 2.34. The molecule has 0 bridgehead atoms. The molecule has 5 heteroatoms. The van der Waals surface area contributed by atoms with E-state index in [9.17, 15) is 14.4 Å². The molecular formula is C11H18O5. The van der Waals surface area contributed by atoms with E-state index in [0.717, 1.165) is 0 Å². The lowest BCUT2D eigenvalue weighted by molar-refractivity contribution is -0.154. The molecule has 0 amide bonds. The highest BCUT2D eigenvalue weighted by atomic mass is 16.5. The summed E-state index contributed by atoms with van der Waals surface area (Å²) < 4.78 is 9.62. The van der Waals surface area contributed by atoms with Crippen molar-refractivity contribution in [1.82, 2.24) is 0 Å². The number of hydrogen-bond donors (Lipinski definition) is 0. The lowest BCUT2D eigenvalue weighted by atomic mass is 9.86. The largest absolute Gasteiger partial charge is 0.465 e. The Hall–Kier alpha value is -1.39. The van der Waals surface area contributed by atoms with Gasteiger partial charge in [-0.1, -0.05) is 6.92 Å². The highest BCUT2D eigenvalue weighted by molar-refractivity contribution is 5.85. The van der Waals surface area contributed by atoms with Gasteiger partial charge >= 0.3 is 11.9 Å². The van der Waals surface area contributed by atoms with Crippen LogP contribution in [-0.2, 0) is 23.9 Å². The topological polar surface area (TPSA) is 69.7 Å². The maximum absolute atomic E-state index is 11.7. The predicted molar refractivity (Wildman–Crippen MR) is 56.7 cm³/mol. The molecule has 0 N–H and O–H groups in total. The number of hydrogen-bond acceptors (Lipinski definition) is 5. The molecule has 0 aromatic rings. The zero-order valence-electron chi connectivity index (χ0n) is 10.2. The summed E-state index contributed by atoms with van der Waals surface area (Å²) in [5.41, 5.74) is -0.952. The lowest BCUT2D eigenvalue weighted by Crippen LogP contribution is -2.38. The number of rotatable bonds is 6. The Morgan fingerprint density at radius 3 is 1.62 bits per heavy atom. The average molecular weight is 230 g/mol. The van der Waals surface area contributed by atoms with E-state index in [1.54, 1.807) is 13.8 Å². The summed E-state index contributed by atoms with van der Waals surface area (Å²) in [6.45, 7) is 5.72. The number of ketones is 1. The van der Waals surface area contributed by atoms with Crippen LogP contribution >= 0.6 is 0 Å². The van der Waals surface area contributed by atoms with Crippen LogP contribution in [0.3, 0.4) is 0 Å². The Morgan fingerprint density at radius 1 is 1.00 bits per heavy atom. The molecule has 0 unspecified atom stereocenters. The van der Waals surface area contributed by atoms with Gasteiger partial charge in [0.2, 0.25) is 0 Å². The van der Waals surface area contributed by atoms with Gasteiger partial charge in [-0.25, -0.2) is 0 Å². The molecule has 0 radical (unpaired) electrons. The predicted octanol–water partition coefficient (Wildman–Crippen LogP) is 1.10. The second-order valence-electron chi connectivity index (χ2n) is 3.90. The number of carbonyl (C=O) groups excluding carboxylic acids is 3. The third-order valence-electron chi connectivity index (χ3n) is 2.18. The van der Waals surface area contributed by atoms with Crippen molar-refractivity contribution in [2.24, 2.45) is 5.41 Å². The zero-order chi connectivity index (χ0) is 12.8. The second-order valence-corrected chi connectivity index (χ2v) is 3.90. The highest BCUT2D eigenvalue weighted by Crippen LogP contribution is 2.21. The van der Waals surface area contributed by atoms with Crippen molar-refractivity contribution in [2.45, 2.75) is 34.1 Å². The molecule has 0 rings (SSSR count). The minimum Gasteiger partial charge on any atom is -0.465 e. The Labute approximate surface area is 95.1 Å². The van der Waals surface area contributed by atoms with E-state index in [-0.39, 0.29) is 19.0 Å². The van der Waals surface area contributed by atoms with Gasteiger partial charge in [-0.15, -0.1) is 0 Å². The first kappa shape index (κ1) is 14.6. The summed E-state index contributed by atoms with van der Waals surface area (Å²) >= 11 is 0. The molecule has 0 aliphatic heterocycles. The molecule has 0 saturated heterocycles. The van der Waals surface area contributed by atoms with Crippen molar-refractivity contribution < 1.29 is 23.9 Å². The summed E-state index contributed by atoms with van der Waals surface area (Å²) in [6, 6.07) is 0. The van der Waals surface area contributed by atoms with E-state index in [1.807, 2.05) is 0 Å². The molecule has 0 aliphatic rings. The molecule has 0 heterocycles. The Bertz CT molecular complexity index is 264. The van der Waals surface area contributed by atoms with Crippen molar-refractivity contribution in [1.29, 1.82) is 0 Å². The van der Waals surface area contributed by atoms with Crippen LogP contribution in [0.4, 0.5) is 0 Å². The van der Waals surface area contributed by atoms with Gasteiger partial charge in [0.15, 0.2) is 0 Å². The van der Waals surface area contributed by atoms with Gasteiger partial charge in [0.25, 0.3) is 0 Å². The van der Waals surface area contributed by atoms with Crippen LogP contribution in [0.25, 0.3) is 0 Å². The van der Waals surface area contributed by atoms with Crippen LogP contribution in [0.15, 0.2) is 0 Å². The molecule has 0 atom stereocenters. The van der Waals surface area contributed by atoms with E-state index in [1.165, 1.54) is 13.8 Å². The minimum absolute atomic E-state index is 0.0672. The molecule has 0 spiro atoms. The van der Waals surface area contributed by atoms with Crippen LogP contribution < -0.4 is 0 Å². The van der Waals surface area contributed by atoms with Crippen molar-refractivity contribution in [3.63, 3.8) is 0 Å². The molecule has 92 valence electrons. The summed E-state index contributed by atoms with van der Waals surface area (Å²) in [4.78, 5) is 33.1. The molecular weight excluding hydrogens is 212 g/mol. The van der Waals surface area contributed by atoms with Crippen LogP contribution in [0.2, 0.25) is 0 Å². The molecule has 0 aromatic carbocycles. The fraction of sp³-hybridized carbons (Fsp3) is 0.727. The van der Waals surface area contributed by atoms with Crippen LogP contribution in [0, 0.1) is 5.41 Å². The third kappa shape index (κ3) is 4.91. The van der Waals surface area contributed by atoms with E-state index < -0.39 is 17.4 Å². The van der Waals surface area contributed by atoms with Crippen molar-refractivity contribution in [2.75, 3.05) is 13.2 Å². The molecule has 5 nitrogen and oxygen atoms in total. The fourth-order valence-electron chi connectivity index (χ4n) is 1.15. The van der Waals surface area contributed by atoms with E-state index >= 15 is 0 Å². The van der Waals surface area contributed by atoms with Gasteiger partial charge in [-0.2, -0.15) is 0 Å². The van der Waals surface area contributed by atoms with Gasteiger partial charge in [0, 0.05) is 20.3 Å². The monoisotopic (exact) mass is 230 g/mol. The lowest BCUT2D eigenvalue weighted by Gasteiger charge is -2.26. The van der Waals surface area contributed by atoms with Crippen LogP contribution in [0.1, 0.15) is 34.1 Å². The Balaban J connectivity index is 4.53. The Kier molecular flexibility index (Phi) is 5.71. The molecule has 0 fully saturated rings. The zero-order valence-corrected chi connectivity index (χ0v) is 10.2. The van der Waals surface area contributed by atoms with Gasteiger partial charge in [0.05, 0.1) is 5.41 Å². The standard InChI is InChI=1S/C11H18O5/c1-5-10(14)11(4,6-15-8(2)12)7-16-9(3)13/h5-7H2,1-4H3. The SMILES string of the molecule is CCC(=O)C(C)(COC(C)=O)COC(C)=O. The van der Waals surface area contributed by atoms with Crippen LogP contribution in [0.5, 0.6) is 0 Å². The van der Waals surface area contributed by atoms with Crippen molar-refractivity contribution in [3.8, 4) is 0 Å². The van der Waals surface area contributed by atoms with Crippen LogP contribution in [-0.4, -0.2) is 30.9 Å². The maximum atomic E-state index is 11.7.